The fraction of sp³-hybridized carbons (Fsp3) is 0.188. The van der Waals surface area contributed by atoms with E-state index in [2.05, 4.69) is 38.5 Å². The van der Waals surface area contributed by atoms with Crippen LogP contribution in [0.15, 0.2) is 40.9 Å². The lowest BCUT2D eigenvalue weighted by Gasteiger charge is -2.11. The highest BCUT2D eigenvalue weighted by Gasteiger charge is 2.14. The Balaban J connectivity index is 2.35. The van der Waals surface area contributed by atoms with E-state index in [4.69, 9.17) is 16.3 Å². The van der Waals surface area contributed by atoms with Crippen LogP contribution in [-0.4, -0.2) is 16.7 Å². The van der Waals surface area contributed by atoms with Gasteiger partial charge in [0.15, 0.2) is 0 Å². The van der Waals surface area contributed by atoms with E-state index in [1.165, 1.54) is 0 Å². The predicted molar refractivity (Wildman–Crippen MR) is 89.6 cm³/mol. The zero-order valence-corrected chi connectivity index (χ0v) is 14.1. The van der Waals surface area contributed by atoms with Crippen LogP contribution in [-0.2, 0) is 5.88 Å². The van der Waals surface area contributed by atoms with E-state index >= 15 is 0 Å². The molecule has 5 heteroatoms. The molecule has 0 N–H and O–H groups in total. The Morgan fingerprint density at radius 1 is 1.29 bits per heavy atom. The van der Waals surface area contributed by atoms with E-state index < -0.39 is 0 Å². The average molecular weight is 366 g/mol. The zero-order valence-electron chi connectivity index (χ0n) is 11.7. The second-order valence-electron chi connectivity index (χ2n) is 4.79. The van der Waals surface area contributed by atoms with Crippen molar-refractivity contribution in [1.29, 1.82) is 0 Å². The third-order valence-electron chi connectivity index (χ3n) is 3.42. The van der Waals surface area contributed by atoms with Crippen LogP contribution >= 0.6 is 27.5 Å². The van der Waals surface area contributed by atoms with Crippen molar-refractivity contribution >= 4 is 38.6 Å². The van der Waals surface area contributed by atoms with Crippen LogP contribution in [0.2, 0.25) is 0 Å². The van der Waals surface area contributed by atoms with Gasteiger partial charge in [0.2, 0.25) is 0 Å². The third-order valence-corrected chi connectivity index (χ3v) is 4.11. The van der Waals surface area contributed by atoms with E-state index in [-0.39, 0.29) is 0 Å². The maximum atomic E-state index is 6.09. The number of aryl methyl sites for hydroxylation is 1. The number of methoxy groups -OCH3 is 1. The Bertz CT molecular complexity index is 813. The summed E-state index contributed by atoms with van der Waals surface area (Å²) in [6.07, 6.45) is 0. The van der Waals surface area contributed by atoms with Crippen molar-refractivity contribution in [1.82, 2.24) is 9.55 Å². The second kappa shape index (κ2) is 5.70. The zero-order chi connectivity index (χ0) is 15.0. The lowest BCUT2D eigenvalue weighted by molar-refractivity contribution is 0.414. The van der Waals surface area contributed by atoms with E-state index in [0.717, 1.165) is 38.3 Å². The molecule has 0 saturated heterocycles. The molecule has 0 atom stereocenters. The Hall–Kier alpha value is -1.52. The maximum absolute atomic E-state index is 6.09. The summed E-state index contributed by atoms with van der Waals surface area (Å²) in [7, 11) is 1.66. The first-order valence-corrected chi connectivity index (χ1v) is 7.84. The number of rotatable bonds is 3. The normalized spacial score (nSPS) is 11.0. The number of halogens is 2. The van der Waals surface area contributed by atoms with Gasteiger partial charge in [0.1, 0.15) is 11.6 Å². The topological polar surface area (TPSA) is 27.1 Å². The number of benzene rings is 2. The van der Waals surface area contributed by atoms with E-state index in [1.807, 2.05) is 30.3 Å². The van der Waals surface area contributed by atoms with Gasteiger partial charge in [0, 0.05) is 10.5 Å². The number of fused-ring (bicyclic) bond motifs is 1. The van der Waals surface area contributed by atoms with Crippen molar-refractivity contribution in [3.05, 3.63) is 52.3 Å². The van der Waals surface area contributed by atoms with Crippen molar-refractivity contribution in [3.8, 4) is 11.4 Å². The smallest absolute Gasteiger partial charge is 0.129 e. The number of hydrogen-bond donors (Lipinski definition) is 0. The molecule has 0 unspecified atom stereocenters. The molecule has 3 rings (SSSR count). The molecule has 21 heavy (non-hydrogen) atoms. The van der Waals surface area contributed by atoms with Gasteiger partial charge < -0.3 is 4.74 Å². The first kappa shape index (κ1) is 14.4. The minimum atomic E-state index is 0.350. The molecule has 2 aromatic carbocycles. The molecule has 0 amide bonds. The number of aromatic nitrogens is 2. The Morgan fingerprint density at radius 2 is 2.10 bits per heavy atom. The first-order valence-electron chi connectivity index (χ1n) is 6.52. The van der Waals surface area contributed by atoms with Gasteiger partial charge in [-0.2, -0.15) is 0 Å². The molecule has 0 spiro atoms. The fourth-order valence-electron chi connectivity index (χ4n) is 2.51. The molecular formula is C16H14BrClN2O. The Labute approximate surface area is 136 Å². The molecular weight excluding hydrogens is 352 g/mol. The molecule has 0 fully saturated rings. The van der Waals surface area contributed by atoms with Crippen LogP contribution in [0.1, 0.15) is 11.4 Å². The quantitative estimate of drug-likeness (QED) is 0.621. The minimum absolute atomic E-state index is 0.350. The molecule has 0 aliphatic rings. The molecule has 0 aliphatic carbocycles. The van der Waals surface area contributed by atoms with E-state index in [9.17, 15) is 0 Å². The highest BCUT2D eigenvalue weighted by Crippen LogP contribution is 2.29. The van der Waals surface area contributed by atoms with Crippen LogP contribution in [0.25, 0.3) is 16.7 Å². The Kier molecular flexibility index (Phi) is 3.91. The van der Waals surface area contributed by atoms with Crippen LogP contribution < -0.4 is 4.74 Å². The number of para-hydroxylation sites is 1. The van der Waals surface area contributed by atoms with Crippen LogP contribution in [0, 0.1) is 6.92 Å². The summed E-state index contributed by atoms with van der Waals surface area (Å²) in [5.74, 6) is 1.96. The summed E-state index contributed by atoms with van der Waals surface area (Å²) < 4.78 is 8.39. The predicted octanol–water partition coefficient (Wildman–Crippen LogP) is 4.84. The largest absolute Gasteiger partial charge is 0.497 e. The summed E-state index contributed by atoms with van der Waals surface area (Å²) in [6.45, 7) is 2.08. The number of nitrogens with zero attached hydrogens (tertiary/aromatic N) is 2. The number of hydrogen-bond acceptors (Lipinski definition) is 2. The summed E-state index contributed by atoms with van der Waals surface area (Å²) in [5.41, 5.74) is 4.17. The van der Waals surface area contributed by atoms with E-state index in [1.54, 1.807) is 7.11 Å². The summed E-state index contributed by atoms with van der Waals surface area (Å²) in [6, 6.07) is 12.0. The van der Waals surface area contributed by atoms with Crippen LogP contribution in [0.4, 0.5) is 0 Å². The van der Waals surface area contributed by atoms with Gasteiger partial charge in [-0.25, -0.2) is 4.98 Å². The molecule has 0 bridgehead atoms. The van der Waals surface area contributed by atoms with Gasteiger partial charge in [-0.05, 0) is 30.7 Å². The summed E-state index contributed by atoms with van der Waals surface area (Å²) >= 11 is 9.61. The van der Waals surface area contributed by atoms with E-state index in [0.29, 0.717) is 5.88 Å². The molecule has 0 saturated carbocycles. The Morgan fingerprint density at radius 3 is 2.81 bits per heavy atom. The number of alkyl halides is 1. The van der Waals surface area contributed by atoms with Gasteiger partial charge in [-0.1, -0.05) is 28.1 Å². The van der Waals surface area contributed by atoms with Gasteiger partial charge >= 0.3 is 0 Å². The highest BCUT2D eigenvalue weighted by atomic mass is 79.9. The van der Waals surface area contributed by atoms with Crippen molar-refractivity contribution in [2.24, 2.45) is 0 Å². The molecule has 3 aromatic rings. The fourth-order valence-corrected chi connectivity index (χ4v) is 3.14. The minimum Gasteiger partial charge on any atom is -0.497 e. The second-order valence-corrected chi connectivity index (χ2v) is 5.97. The van der Waals surface area contributed by atoms with Crippen molar-refractivity contribution in [2.45, 2.75) is 12.8 Å². The monoisotopic (exact) mass is 364 g/mol. The SMILES string of the molecule is COc1cc(Br)cc(-n2c(CCl)nc3cccc(C)c32)c1. The molecule has 0 radical (unpaired) electrons. The standard InChI is InChI=1S/C16H14BrClN2O/c1-10-4-3-5-14-16(10)20(15(9-18)19-14)12-6-11(17)7-13(8-12)21-2/h3-8H,9H2,1-2H3. The van der Waals surface area contributed by atoms with Gasteiger partial charge in [-0.15, -0.1) is 11.6 Å². The number of imidazole rings is 1. The molecule has 1 aromatic heterocycles. The van der Waals surface area contributed by atoms with Gasteiger partial charge in [-0.3, -0.25) is 4.57 Å². The highest BCUT2D eigenvalue weighted by molar-refractivity contribution is 9.10. The lowest BCUT2D eigenvalue weighted by atomic mass is 10.2. The van der Waals surface area contributed by atoms with Crippen LogP contribution in [0.3, 0.4) is 0 Å². The summed E-state index contributed by atoms with van der Waals surface area (Å²) in [5, 5.41) is 0. The summed E-state index contributed by atoms with van der Waals surface area (Å²) in [4.78, 5) is 4.63. The molecule has 0 aliphatic heterocycles. The first-order chi connectivity index (χ1) is 10.1. The molecule has 108 valence electrons. The van der Waals surface area contributed by atoms with Gasteiger partial charge in [0.25, 0.3) is 0 Å². The maximum Gasteiger partial charge on any atom is 0.129 e. The third kappa shape index (κ3) is 2.54. The molecule has 3 nitrogen and oxygen atoms in total. The van der Waals surface area contributed by atoms with Crippen molar-refractivity contribution < 1.29 is 4.74 Å². The average Bonchev–Trinajstić information content (AvgIpc) is 2.86. The lowest BCUT2D eigenvalue weighted by Crippen LogP contribution is -2.01. The van der Waals surface area contributed by atoms with Gasteiger partial charge in [0.05, 0.1) is 29.7 Å². The molecule has 1 heterocycles. The van der Waals surface area contributed by atoms with Crippen molar-refractivity contribution in [2.75, 3.05) is 7.11 Å². The van der Waals surface area contributed by atoms with Crippen molar-refractivity contribution in [3.63, 3.8) is 0 Å². The van der Waals surface area contributed by atoms with Crippen LogP contribution in [0.5, 0.6) is 5.75 Å². The number of ether oxygens (including phenoxy) is 1.